The maximum Gasteiger partial charge on any atom is 0.339 e. The number of carbonyl (C=O) groups excluding carboxylic acids is 1. The number of esters is 1. The summed E-state index contributed by atoms with van der Waals surface area (Å²) in [6.45, 7) is 2.24. The summed E-state index contributed by atoms with van der Waals surface area (Å²) in [5, 5.41) is 0.761. The SMILES string of the molecule is Cc1cccc(COC(=O)c2cc(-c3ccco3)nc3ccccc23)c1. The number of aromatic nitrogens is 1. The van der Waals surface area contributed by atoms with E-state index in [4.69, 9.17) is 9.15 Å². The average Bonchev–Trinajstić information content (AvgIpc) is 3.20. The highest BCUT2D eigenvalue weighted by Crippen LogP contribution is 2.26. The van der Waals surface area contributed by atoms with Crippen molar-refractivity contribution >= 4 is 16.9 Å². The normalized spacial score (nSPS) is 10.8. The van der Waals surface area contributed by atoms with E-state index in [1.165, 1.54) is 0 Å². The van der Waals surface area contributed by atoms with Gasteiger partial charge in [0.15, 0.2) is 5.76 Å². The van der Waals surface area contributed by atoms with E-state index >= 15 is 0 Å². The van der Waals surface area contributed by atoms with Crippen molar-refractivity contribution < 1.29 is 13.9 Å². The molecule has 0 unspecified atom stereocenters. The number of nitrogens with zero attached hydrogens (tertiary/aromatic N) is 1. The lowest BCUT2D eigenvalue weighted by Gasteiger charge is -2.09. The zero-order valence-corrected chi connectivity index (χ0v) is 14.3. The third kappa shape index (κ3) is 3.22. The van der Waals surface area contributed by atoms with Crippen molar-refractivity contribution in [2.75, 3.05) is 0 Å². The van der Waals surface area contributed by atoms with Crippen molar-refractivity contribution in [3.8, 4) is 11.5 Å². The molecule has 2 aromatic heterocycles. The fourth-order valence-electron chi connectivity index (χ4n) is 2.92. The summed E-state index contributed by atoms with van der Waals surface area (Å²) in [5.74, 6) is 0.237. The van der Waals surface area contributed by atoms with E-state index in [-0.39, 0.29) is 12.6 Å². The Balaban J connectivity index is 1.69. The fourth-order valence-corrected chi connectivity index (χ4v) is 2.92. The molecule has 26 heavy (non-hydrogen) atoms. The van der Waals surface area contributed by atoms with Gasteiger partial charge in [-0.2, -0.15) is 0 Å². The largest absolute Gasteiger partial charge is 0.463 e. The predicted octanol–water partition coefficient (Wildman–Crippen LogP) is 5.16. The summed E-state index contributed by atoms with van der Waals surface area (Å²) in [5.41, 5.74) is 3.91. The van der Waals surface area contributed by atoms with Gasteiger partial charge < -0.3 is 9.15 Å². The minimum atomic E-state index is -0.377. The molecule has 0 fully saturated rings. The Morgan fingerprint density at radius 3 is 2.73 bits per heavy atom. The lowest BCUT2D eigenvalue weighted by molar-refractivity contribution is 0.0475. The highest BCUT2D eigenvalue weighted by molar-refractivity contribution is 6.04. The minimum absolute atomic E-state index is 0.229. The van der Waals surface area contributed by atoms with Crippen LogP contribution in [0.4, 0.5) is 0 Å². The lowest BCUT2D eigenvalue weighted by atomic mass is 10.1. The molecule has 0 radical (unpaired) electrons. The molecule has 4 rings (SSSR count). The van der Waals surface area contributed by atoms with E-state index < -0.39 is 0 Å². The van der Waals surface area contributed by atoms with Crippen LogP contribution in [0.5, 0.6) is 0 Å². The smallest absolute Gasteiger partial charge is 0.339 e. The molecule has 4 heteroatoms. The van der Waals surface area contributed by atoms with Crippen molar-refractivity contribution in [1.29, 1.82) is 0 Å². The number of para-hydroxylation sites is 1. The molecular weight excluding hydrogens is 326 g/mol. The van der Waals surface area contributed by atoms with E-state index in [0.29, 0.717) is 17.0 Å². The summed E-state index contributed by atoms with van der Waals surface area (Å²) >= 11 is 0. The van der Waals surface area contributed by atoms with Crippen molar-refractivity contribution in [2.24, 2.45) is 0 Å². The Bertz CT molecular complexity index is 1070. The number of rotatable bonds is 4. The molecule has 2 heterocycles. The Kier molecular flexibility index (Phi) is 4.23. The van der Waals surface area contributed by atoms with Gasteiger partial charge in [-0.3, -0.25) is 0 Å². The molecular formula is C22H17NO3. The Morgan fingerprint density at radius 2 is 1.92 bits per heavy atom. The summed E-state index contributed by atoms with van der Waals surface area (Å²) < 4.78 is 11.0. The molecule has 2 aromatic carbocycles. The van der Waals surface area contributed by atoms with Crippen LogP contribution in [-0.4, -0.2) is 11.0 Å². The van der Waals surface area contributed by atoms with E-state index in [1.807, 2.05) is 61.5 Å². The third-order valence-corrected chi connectivity index (χ3v) is 4.16. The van der Waals surface area contributed by atoms with Gasteiger partial charge in [-0.1, -0.05) is 48.0 Å². The molecule has 0 N–H and O–H groups in total. The molecule has 4 aromatic rings. The highest BCUT2D eigenvalue weighted by atomic mass is 16.5. The number of pyridine rings is 1. The number of furan rings is 1. The van der Waals surface area contributed by atoms with Crippen LogP contribution in [0.1, 0.15) is 21.5 Å². The van der Waals surface area contributed by atoms with Gasteiger partial charge >= 0.3 is 5.97 Å². The topological polar surface area (TPSA) is 52.3 Å². The van der Waals surface area contributed by atoms with Gasteiger partial charge in [-0.25, -0.2) is 9.78 Å². The maximum absolute atomic E-state index is 12.8. The first-order valence-electron chi connectivity index (χ1n) is 8.37. The van der Waals surface area contributed by atoms with Gasteiger partial charge in [0, 0.05) is 5.39 Å². The second-order valence-electron chi connectivity index (χ2n) is 6.11. The van der Waals surface area contributed by atoms with Crippen LogP contribution >= 0.6 is 0 Å². The number of benzene rings is 2. The van der Waals surface area contributed by atoms with E-state index in [0.717, 1.165) is 22.0 Å². The van der Waals surface area contributed by atoms with Gasteiger partial charge in [0.25, 0.3) is 0 Å². The van der Waals surface area contributed by atoms with Gasteiger partial charge in [0.2, 0.25) is 0 Å². The first-order chi connectivity index (χ1) is 12.7. The minimum Gasteiger partial charge on any atom is -0.463 e. The summed E-state index contributed by atoms with van der Waals surface area (Å²) in [6.07, 6.45) is 1.59. The molecule has 0 atom stereocenters. The van der Waals surface area contributed by atoms with Crippen LogP contribution in [0.3, 0.4) is 0 Å². The molecule has 128 valence electrons. The molecule has 0 aliphatic heterocycles. The lowest BCUT2D eigenvalue weighted by Crippen LogP contribution is -2.07. The van der Waals surface area contributed by atoms with Crippen LogP contribution in [0, 0.1) is 6.92 Å². The van der Waals surface area contributed by atoms with E-state index in [1.54, 1.807) is 18.4 Å². The number of hydrogen-bond acceptors (Lipinski definition) is 4. The van der Waals surface area contributed by atoms with Crippen LogP contribution in [0.2, 0.25) is 0 Å². The van der Waals surface area contributed by atoms with Gasteiger partial charge in [0.1, 0.15) is 12.3 Å². The summed E-state index contributed by atoms with van der Waals surface area (Å²) in [6, 6.07) is 20.8. The maximum atomic E-state index is 12.8. The van der Waals surface area contributed by atoms with Gasteiger partial charge in [-0.05, 0) is 36.8 Å². The Morgan fingerprint density at radius 1 is 1.04 bits per heavy atom. The number of carbonyl (C=O) groups is 1. The molecule has 0 amide bonds. The van der Waals surface area contributed by atoms with Crippen LogP contribution in [-0.2, 0) is 11.3 Å². The molecule has 0 spiro atoms. The quantitative estimate of drug-likeness (QED) is 0.480. The van der Waals surface area contributed by atoms with E-state index in [2.05, 4.69) is 4.98 Å². The molecule has 0 aliphatic carbocycles. The van der Waals surface area contributed by atoms with Gasteiger partial charge in [0.05, 0.1) is 17.3 Å². The number of fused-ring (bicyclic) bond motifs is 1. The molecule has 4 nitrogen and oxygen atoms in total. The number of aryl methyl sites for hydroxylation is 1. The Hall–Kier alpha value is -3.40. The van der Waals surface area contributed by atoms with Crippen molar-refractivity contribution in [3.05, 3.63) is 89.7 Å². The standard InChI is InChI=1S/C22H17NO3/c1-15-6-4-7-16(12-15)14-26-22(24)18-13-20(21-10-5-11-25-21)23-19-9-3-2-8-17(18)19/h2-13H,14H2,1H3. The molecule has 0 bridgehead atoms. The first kappa shape index (κ1) is 16.1. The second-order valence-corrected chi connectivity index (χ2v) is 6.11. The zero-order valence-electron chi connectivity index (χ0n) is 14.3. The molecule has 0 saturated heterocycles. The molecule has 0 saturated carbocycles. The van der Waals surface area contributed by atoms with Crippen molar-refractivity contribution in [2.45, 2.75) is 13.5 Å². The zero-order chi connectivity index (χ0) is 17.9. The number of hydrogen-bond donors (Lipinski definition) is 0. The van der Waals surface area contributed by atoms with Crippen molar-refractivity contribution in [3.63, 3.8) is 0 Å². The first-order valence-corrected chi connectivity index (χ1v) is 8.37. The monoisotopic (exact) mass is 343 g/mol. The summed E-state index contributed by atoms with van der Waals surface area (Å²) in [4.78, 5) is 17.3. The predicted molar refractivity (Wildman–Crippen MR) is 99.7 cm³/mol. The fraction of sp³-hybridized carbons (Fsp3) is 0.0909. The highest BCUT2D eigenvalue weighted by Gasteiger charge is 2.16. The Labute approximate surface area is 151 Å². The second kappa shape index (κ2) is 6.84. The van der Waals surface area contributed by atoms with Crippen molar-refractivity contribution in [1.82, 2.24) is 4.98 Å². The van der Waals surface area contributed by atoms with E-state index in [9.17, 15) is 4.79 Å². The molecule has 0 aliphatic rings. The van der Waals surface area contributed by atoms with Crippen LogP contribution < -0.4 is 0 Å². The summed E-state index contributed by atoms with van der Waals surface area (Å²) in [7, 11) is 0. The average molecular weight is 343 g/mol. The third-order valence-electron chi connectivity index (χ3n) is 4.16. The number of ether oxygens (including phenoxy) is 1. The van der Waals surface area contributed by atoms with Gasteiger partial charge in [-0.15, -0.1) is 0 Å². The van der Waals surface area contributed by atoms with Crippen LogP contribution in [0.25, 0.3) is 22.4 Å². The van der Waals surface area contributed by atoms with Crippen LogP contribution in [0.15, 0.2) is 77.4 Å².